The number of carbonyl (C=O) groups is 2. The van der Waals surface area contributed by atoms with Gasteiger partial charge in [0.25, 0.3) is 5.91 Å². The molecular weight excluding hydrogens is 336 g/mol. The molecule has 2 aromatic heterocycles. The number of methoxy groups -OCH3 is 1. The van der Waals surface area contributed by atoms with Crippen molar-refractivity contribution in [1.29, 1.82) is 0 Å². The Balaban J connectivity index is 1.59. The molecule has 2 heterocycles. The van der Waals surface area contributed by atoms with Crippen molar-refractivity contribution in [3.8, 4) is 0 Å². The number of nitrogen functional groups attached to an aromatic ring is 1. The molecule has 3 aromatic rings. The van der Waals surface area contributed by atoms with Crippen LogP contribution in [0.1, 0.15) is 44.4 Å². The van der Waals surface area contributed by atoms with Crippen molar-refractivity contribution in [2.45, 2.75) is 18.9 Å². The first kappa shape index (κ1) is 16.0. The molecule has 0 spiro atoms. The van der Waals surface area contributed by atoms with Gasteiger partial charge in [-0.1, -0.05) is 6.07 Å². The molecule has 9 heteroatoms. The summed E-state index contributed by atoms with van der Waals surface area (Å²) in [7, 11) is 1.35. The van der Waals surface area contributed by atoms with E-state index in [2.05, 4.69) is 25.5 Å². The van der Waals surface area contributed by atoms with Crippen LogP contribution in [0.25, 0.3) is 11.0 Å². The summed E-state index contributed by atoms with van der Waals surface area (Å²) >= 11 is 0. The van der Waals surface area contributed by atoms with Crippen LogP contribution in [0.3, 0.4) is 0 Å². The molecule has 1 amide bonds. The Morgan fingerprint density at radius 3 is 3.00 bits per heavy atom. The van der Waals surface area contributed by atoms with Gasteiger partial charge < -0.3 is 15.8 Å². The van der Waals surface area contributed by atoms with Gasteiger partial charge in [-0.3, -0.25) is 9.89 Å². The molecule has 1 aliphatic carbocycles. The highest BCUT2D eigenvalue weighted by Crippen LogP contribution is 2.32. The lowest BCUT2D eigenvalue weighted by molar-refractivity contribution is 0.0600. The van der Waals surface area contributed by atoms with E-state index in [4.69, 9.17) is 10.5 Å². The number of rotatable bonds is 3. The number of H-pyrrole nitrogens is 1. The summed E-state index contributed by atoms with van der Waals surface area (Å²) in [6.07, 6.45) is 2.79. The highest BCUT2D eigenvalue weighted by Gasteiger charge is 2.27. The van der Waals surface area contributed by atoms with Gasteiger partial charge in [0.1, 0.15) is 17.4 Å². The van der Waals surface area contributed by atoms with E-state index in [0.29, 0.717) is 16.6 Å². The predicted molar refractivity (Wildman–Crippen MR) is 92.4 cm³/mol. The van der Waals surface area contributed by atoms with E-state index in [1.165, 1.54) is 13.4 Å². The Bertz CT molecular complexity index is 1030. The number of nitrogens with two attached hydrogens (primary N) is 1. The molecule has 0 saturated heterocycles. The fourth-order valence-corrected chi connectivity index (χ4v) is 3.27. The van der Waals surface area contributed by atoms with Gasteiger partial charge in [-0.2, -0.15) is 5.10 Å². The first-order chi connectivity index (χ1) is 12.6. The summed E-state index contributed by atoms with van der Waals surface area (Å²) < 4.78 is 4.75. The van der Waals surface area contributed by atoms with Gasteiger partial charge in [0.2, 0.25) is 0 Å². The van der Waals surface area contributed by atoms with Gasteiger partial charge in [-0.15, -0.1) is 0 Å². The summed E-state index contributed by atoms with van der Waals surface area (Å²) in [6.45, 7) is 0. The Kier molecular flexibility index (Phi) is 3.76. The number of ether oxygens (including phenoxy) is 1. The van der Waals surface area contributed by atoms with Crippen LogP contribution in [0.2, 0.25) is 0 Å². The molecule has 1 aromatic carbocycles. The molecule has 1 aliphatic rings. The number of aromatic nitrogens is 4. The Morgan fingerprint density at radius 1 is 1.35 bits per heavy atom. The summed E-state index contributed by atoms with van der Waals surface area (Å²) in [4.78, 5) is 32.4. The molecule has 0 fully saturated rings. The third-order valence-electron chi connectivity index (χ3n) is 4.54. The van der Waals surface area contributed by atoms with Crippen LogP contribution in [0.15, 0.2) is 24.5 Å². The maximum Gasteiger partial charge on any atom is 0.337 e. The van der Waals surface area contributed by atoms with Crippen molar-refractivity contribution in [2.75, 3.05) is 12.8 Å². The number of esters is 1. The molecule has 0 radical (unpaired) electrons. The smallest absolute Gasteiger partial charge is 0.337 e. The van der Waals surface area contributed by atoms with E-state index >= 15 is 0 Å². The number of aryl methyl sites for hydroxylation is 1. The molecule has 0 aliphatic heterocycles. The van der Waals surface area contributed by atoms with Crippen molar-refractivity contribution in [2.24, 2.45) is 0 Å². The number of amides is 1. The highest BCUT2D eigenvalue weighted by atomic mass is 16.5. The number of hydrogen-bond acceptors (Lipinski definition) is 7. The van der Waals surface area contributed by atoms with Crippen LogP contribution in [-0.4, -0.2) is 39.2 Å². The second-order valence-corrected chi connectivity index (χ2v) is 6.02. The molecule has 0 bridgehead atoms. The lowest BCUT2D eigenvalue weighted by Gasteiger charge is -2.14. The molecule has 9 nitrogen and oxygen atoms in total. The second kappa shape index (κ2) is 6.10. The molecule has 4 rings (SSSR count). The van der Waals surface area contributed by atoms with Crippen LogP contribution in [0.4, 0.5) is 5.82 Å². The zero-order chi connectivity index (χ0) is 18.3. The van der Waals surface area contributed by atoms with Gasteiger partial charge in [0.05, 0.1) is 18.7 Å². The van der Waals surface area contributed by atoms with Gasteiger partial charge >= 0.3 is 5.97 Å². The maximum atomic E-state index is 12.7. The van der Waals surface area contributed by atoms with Crippen molar-refractivity contribution < 1.29 is 14.3 Å². The van der Waals surface area contributed by atoms with Gasteiger partial charge in [0.15, 0.2) is 11.5 Å². The maximum absolute atomic E-state index is 12.7. The minimum Gasteiger partial charge on any atom is -0.465 e. The van der Waals surface area contributed by atoms with Crippen LogP contribution in [0.5, 0.6) is 0 Å². The lowest BCUT2D eigenvalue weighted by atomic mass is 10.0. The summed E-state index contributed by atoms with van der Waals surface area (Å²) in [5, 5.41) is 9.54. The number of aromatic amines is 1. The van der Waals surface area contributed by atoms with E-state index in [-0.39, 0.29) is 29.4 Å². The second-order valence-electron chi connectivity index (χ2n) is 6.02. The Hall–Kier alpha value is -3.49. The Morgan fingerprint density at radius 2 is 2.19 bits per heavy atom. The normalized spacial score (nSPS) is 15.7. The topological polar surface area (TPSA) is 136 Å². The predicted octanol–water partition coefficient (Wildman–Crippen LogP) is 1.14. The Labute approximate surface area is 148 Å². The minimum absolute atomic E-state index is 0.158. The monoisotopic (exact) mass is 352 g/mol. The largest absolute Gasteiger partial charge is 0.465 e. The zero-order valence-corrected chi connectivity index (χ0v) is 13.9. The van der Waals surface area contributed by atoms with E-state index < -0.39 is 0 Å². The van der Waals surface area contributed by atoms with E-state index in [1.807, 2.05) is 12.1 Å². The average molecular weight is 352 g/mol. The quantitative estimate of drug-likeness (QED) is 0.601. The molecule has 1 atom stereocenters. The molecule has 4 N–H and O–H groups in total. The third kappa shape index (κ3) is 2.53. The highest BCUT2D eigenvalue weighted by molar-refractivity contribution is 6.04. The summed E-state index contributed by atoms with van der Waals surface area (Å²) in [5.41, 5.74) is 9.25. The zero-order valence-electron chi connectivity index (χ0n) is 13.9. The number of fused-ring (bicyclic) bond motifs is 2. The van der Waals surface area contributed by atoms with Crippen LogP contribution in [0, 0.1) is 0 Å². The van der Waals surface area contributed by atoms with E-state index in [9.17, 15) is 9.59 Å². The number of benzene rings is 1. The van der Waals surface area contributed by atoms with Gasteiger partial charge in [-0.05, 0) is 36.1 Å². The number of nitrogens with zero attached hydrogens (tertiary/aromatic N) is 3. The van der Waals surface area contributed by atoms with Gasteiger partial charge in [-0.25, -0.2) is 14.8 Å². The fraction of sp³-hybridized carbons (Fsp3) is 0.235. The molecule has 132 valence electrons. The number of hydrogen-bond donors (Lipinski definition) is 3. The van der Waals surface area contributed by atoms with Crippen LogP contribution >= 0.6 is 0 Å². The van der Waals surface area contributed by atoms with E-state index in [0.717, 1.165) is 24.0 Å². The molecule has 26 heavy (non-hydrogen) atoms. The van der Waals surface area contributed by atoms with Crippen LogP contribution < -0.4 is 11.1 Å². The first-order valence-corrected chi connectivity index (χ1v) is 8.05. The van der Waals surface area contributed by atoms with Crippen molar-refractivity contribution in [3.63, 3.8) is 0 Å². The van der Waals surface area contributed by atoms with E-state index in [1.54, 1.807) is 6.07 Å². The third-order valence-corrected chi connectivity index (χ3v) is 4.54. The lowest BCUT2D eigenvalue weighted by Crippen LogP contribution is -2.28. The number of carbonyl (C=O) groups excluding carboxylic acids is 2. The summed E-state index contributed by atoms with van der Waals surface area (Å²) in [6, 6.07) is 5.21. The van der Waals surface area contributed by atoms with Crippen LogP contribution in [-0.2, 0) is 11.2 Å². The average Bonchev–Trinajstić information content (AvgIpc) is 3.24. The molecular formula is C17H16N6O3. The SMILES string of the molecule is COC(=O)c1ccc2c(c1)CC[C@@H]2NC(=O)c1ncnc2c(N)n[nH]c12. The van der Waals surface area contributed by atoms with Crippen molar-refractivity contribution >= 4 is 28.7 Å². The molecule has 0 saturated carbocycles. The molecule has 0 unspecified atom stereocenters. The first-order valence-electron chi connectivity index (χ1n) is 8.05. The van der Waals surface area contributed by atoms with Crippen molar-refractivity contribution in [1.82, 2.24) is 25.5 Å². The fourth-order valence-electron chi connectivity index (χ4n) is 3.27. The standard InChI is InChI=1S/C17H16N6O3/c1-26-17(25)9-2-4-10-8(6-9)3-5-11(10)21-16(24)14-12-13(19-7-20-14)15(18)23-22-12/h2,4,6-7,11H,3,5H2,1H3,(H,21,24)(H3,18,22,23)/t11-/m0/s1. The number of anilines is 1. The summed E-state index contributed by atoms with van der Waals surface area (Å²) in [5.74, 6) is -0.491. The minimum atomic E-state index is -0.375. The number of nitrogens with one attached hydrogen (secondary N) is 2. The van der Waals surface area contributed by atoms with Crippen molar-refractivity contribution in [3.05, 3.63) is 46.9 Å². The van der Waals surface area contributed by atoms with Gasteiger partial charge in [0, 0.05) is 0 Å².